The summed E-state index contributed by atoms with van der Waals surface area (Å²) in [4.78, 5) is 68.3. The normalized spacial score (nSPS) is 11.9. The van der Waals surface area contributed by atoms with E-state index in [1.807, 2.05) is 36.4 Å². The van der Waals surface area contributed by atoms with Crippen molar-refractivity contribution in [3.8, 4) is 11.1 Å². The summed E-state index contributed by atoms with van der Waals surface area (Å²) in [5, 5.41) is 22.7. The Hall–Kier alpha value is -5.72. The molecule has 0 saturated heterocycles. The van der Waals surface area contributed by atoms with Gasteiger partial charge in [0.25, 0.3) is 0 Å². The van der Waals surface area contributed by atoms with Crippen LogP contribution in [-0.4, -0.2) is 58.6 Å². The number of hydrogen-bond acceptors (Lipinski definition) is 7. The molecule has 0 radical (unpaired) electrons. The predicted octanol–water partition coefficient (Wildman–Crippen LogP) is 3.91. The van der Waals surface area contributed by atoms with Crippen molar-refractivity contribution in [2.45, 2.75) is 45.6 Å². The second-order valence-electron chi connectivity index (χ2n) is 10.5. The van der Waals surface area contributed by atoms with Crippen LogP contribution in [0.1, 0.15) is 61.0 Å². The Morgan fingerprint density at radius 2 is 1.35 bits per heavy atom. The Labute approximate surface area is 265 Å². The number of alkyl carbamates (subject to hydrolysis) is 1. The first-order chi connectivity index (χ1) is 21.9. The van der Waals surface area contributed by atoms with Gasteiger partial charge in [-0.2, -0.15) is 0 Å². The maximum atomic E-state index is 11.9. The van der Waals surface area contributed by atoms with Gasteiger partial charge in [-0.15, -0.1) is 0 Å². The minimum atomic E-state index is -1.19. The summed E-state index contributed by atoms with van der Waals surface area (Å²) >= 11 is 0. The number of para-hydroxylation sites is 1. The lowest BCUT2D eigenvalue weighted by Crippen LogP contribution is -2.44. The number of aromatic carboxylic acids is 1. The van der Waals surface area contributed by atoms with E-state index in [4.69, 9.17) is 14.9 Å². The fourth-order valence-corrected chi connectivity index (χ4v) is 4.56. The first-order valence-corrected chi connectivity index (χ1v) is 14.5. The Morgan fingerprint density at radius 1 is 0.783 bits per heavy atom. The standard InChI is InChI=1S/C19H19NO4.C14H17N3O5/c1-2-17(18(21)22)20-19(23)24-11-16-14-9-5-3-7-12(14)13-8-4-6-10-15(13)16;1-8(2)13(20)17-16-12(19)7-11(18)15-10-6-4-3-5-9(10)14(21)22/h3-10,16-17H,2,11H2,1H3,(H,20,23)(H,21,22);3-6,8H,7H2,1-2H3,(H,15,18)(H,16,19)(H,17,20)(H,21,22). The van der Waals surface area contributed by atoms with Crippen molar-refractivity contribution < 1.29 is 43.7 Å². The van der Waals surface area contributed by atoms with Gasteiger partial charge in [0.05, 0.1) is 11.3 Å². The van der Waals surface area contributed by atoms with Crippen LogP contribution in [0, 0.1) is 5.92 Å². The fraction of sp³-hybridized carbons (Fsp3) is 0.273. The van der Waals surface area contributed by atoms with Gasteiger partial charge in [-0.3, -0.25) is 25.2 Å². The monoisotopic (exact) mass is 632 g/mol. The molecule has 46 heavy (non-hydrogen) atoms. The third-order valence-corrected chi connectivity index (χ3v) is 6.94. The Kier molecular flexibility index (Phi) is 12.4. The number of aliphatic carboxylic acids is 1. The van der Waals surface area contributed by atoms with Gasteiger partial charge in [-0.1, -0.05) is 81.4 Å². The minimum absolute atomic E-state index is 0.0342. The third-order valence-electron chi connectivity index (χ3n) is 6.94. The summed E-state index contributed by atoms with van der Waals surface area (Å²) in [5.74, 6) is -4.38. The molecule has 6 N–H and O–H groups in total. The molecule has 1 unspecified atom stereocenters. The van der Waals surface area contributed by atoms with Crippen LogP contribution in [-0.2, 0) is 23.9 Å². The predicted molar refractivity (Wildman–Crippen MR) is 168 cm³/mol. The molecule has 13 heteroatoms. The number of hydrogen-bond donors (Lipinski definition) is 6. The van der Waals surface area contributed by atoms with E-state index in [-0.39, 0.29) is 35.6 Å². The molecule has 1 aliphatic carbocycles. The number of carboxylic acid groups (broad SMARTS) is 2. The van der Waals surface area contributed by atoms with Gasteiger partial charge in [0.1, 0.15) is 19.1 Å². The zero-order valence-corrected chi connectivity index (χ0v) is 25.5. The molecule has 4 rings (SSSR count). The van der Waals surface area contributed by atoms with Gasteiger partial charge in [-0.05, 0) is 40.8 Å². The summed E-state index contributed by atoms with van der Waals surface area (Å²) < 4.78 is 5.31. The molecule has 13 nitrogen and oxygen atoms in total. The number of carbonyl (C=O) groups is 6. The zero-order valence-electron chi connectivity index (χ0n) is 25.5. The van der Waals surface area contributed by atoms with Crippen molar-refractivity contribution in [1.82, 2.24) is 16.2 Å². The molecule has 3 aromatic rings. The van der Waals surface area contributed by atoms with Crippen molar-refractivity contribution in [2.24, 2.45) is 5.92 Å². The number of ether oxygens (including phenoxy) is 1. The topological polar surface area (TPSA) is 200 Å². The number of carboxylic acids is 2. The summed E-state index contributed by atoms with van der Waals surface area (Å²) in [6.45, 7) is 5.17. The number of carbonyl (C=O) groups excluding carboxylic acids is 4. The zero-order chi connectivity index (χ0) is 33.8. The number of anilines is 1. The lowest BCUT2D eigenvalue weighted by molar-refractivity contribution is -0.139. The van der Waals surface area contributed by atoms with E-state index in [1.165, 1.54) is 18.2 Å². The second kappa shape index (κ2) is 16.4. The summed E-state index contributed by atoms with van der Waals surface area (Å²) in [5.41, 5.74) is 8.84. The number of fused-ring (bicyclic) bond motifs is 3. The van der Waals surface area contributed by atoms with Crippen molar-refractivity contribution >= 4 is 41.4 Å². The van der Waals surface area contributed by atoms with Crippen LogP contribution < -0.4 is 21.5 Å². The summed E-state index contributed by atoms with van der Waals surface area (Å²) in [6.07, 6.45) is -0.947. The number of nitrogens with one attached hydrogen (secondary N) is 4. The third kappa shape index (κ3) is 9.39. The average molecular weight is 633 g/mol. The van der Waals surface area contributed by atoms with Gasteiger partial charge >= 0.3 is 18.0 Å². The fourth-order valence-electron chi connectivity index (χ4n) is 4.56. The largest absolute Gasteiger partial charge is 0.480 e. The van der Waals surface area contributed by atoms with E-state index < -0.39 is 42.3 Å². The van der Waals surface area contributed by atoms with E-state index in [1.54, 1.807) is 26.8 Å². The first-order valence-electron chi connectivity index (χ1n) is 14.5. The molecule has 0 aromatic heterocycles. The maximum Gasteiger partial charge on any atom is 0.407 e. The van der Waals surface area contributed by atoms with E-state index in [0.717, 1.165) is 22.3 Å². The van der Waals surface area contributed by atoms with Crippen molar-refractivity contribution in [3.05, 3.63) is 89.5 Å². The van der Waals surface area contributed by atoms with Crippen LogP contribution in [0.2, 0.25) is 0 Å². The average Bonchev–Trinajstić information content (AvgIpc) is 3.35. The minimum Gasteiger partial charge on any atom is -0.480 e. The molecule has 242 valence electrons. The smallest absolute Gasteiger partial charge is 0.407 e. The Bertz CT molecular complexity index is 1560. The van der Waals surface area contributed by atoms with Crippen molar-refractivity contribution in [1.29, 1.82) is 0 Å². The molecule has 0 aliphatic heterocycles. The number of benzene rings is 3. The Morgan fingerprint density at radius 3 is 1.89 bits per heavy atom. The van der Waals surface area contributed by atoms with Crippen molar-refractivity contribution in [2.75, 3.05) is 11.9 Å². The lowest BCUT2D eigenvalue weighted by atomic mass is 9.98. The van der Waals surface area contributed by atoms with Crippen LogP contribution in [0.25, 0.3) is 11.1 Å². The molecule has 1 aliphatic rings. The van der Waals surface area contributed by atoms with Crippen LogP contribution in [0.5, 0.6) is 0 Å². The van der Waals surface area contributed by atoms with E-state index in [0.29, 0.717) is 6.42 Å². The highest BCUT2D eigenvalue weighted by Gasteiger charge is 2.29. The van der Waals surface area contributed by atoms with Gasteiger partial charge < -0.3 is 25.6 Å². The maximum absolute atomic E-state index is 11.9. The molecule has 0 bridgehead atoms. The van der Waals surface area contributed by atoms with Gasteiger partial charge in [0.2, 0.25) is 17.7 Å². The van der Waals surface area contributed by atoms with Crippen LogP contribution in [0.4, 0.5) is 10.5 Å². The van der Waals surface area contributed by atoms with E-state index in [2.05, 4.69) is 33.6 Å². The van der Waals surface area contributed by atoms with E-state index >= 15 is 0 Å². The molecule has 0 saturated carbocycles. The highest BCUT2D eigenvalue weighted by atomic mass is 16.5. The quantitative estimate of drug-likeness (QED) is 0.142. The van der Waals surface area contributed by atoms with Crippen molar-refractivity contribution in [3.63, 3.8) is 0 Å². The highest BCUT2D eigenvalue weighted by molar-refractivity contribution is 6.06. The van der Waals surface area contributed by atoms with Gasteiger partial charge in [-0.25, -0.2) is 14.4 Å². The molecule has 0 heterocycles. The highest BCUT2D eigenvalue weighted by Crippen LogP contribution is 2.44. The molecule has 4 amide bonds. The summed E-state index contributed by atoms with van der Waals surface area (Å²) in [6, 6.07) is 21.0. The Balaban J connectivity index is 0.000000252. The number of hydrazine groups is 1. The molecular weight excluding hydrogens is 596 g/mol. The lowest BCUT2D eigenvalue weighted by Gasteiger charge is -2.16. The SMILES string of the molecule is CC(C)C(=O)NNC(=O)CC(=O)Nc1ccccc1C(=O)O.CCC(NC(=O)OCC1c2ccccc2-c2ccccc21)C(=O)O. The van der Waals surface area contributed by atoms with Gasteiger partial charge in [0, 0.05) is 11.8 Å². The van der Waals surface area contributed by atoms with Crippen LogP contribution in [0.3, 0.4) is 0 Å². The molecule has 3 aromatic carbocycles. The number of amides is 4. The molecular formula is C33H36N4O9. The van der Waals surface area contributed by atoms with E-state index in [9.17, 15) is 28.8 Å². The van der Waals surface area contributed by atoms with Crippen LogP contribution in [0.15, 0.2) is 72.8 Å². The van der Waals surface area contributed by atoms with Gasteiger partial charge in [0.15, 0.2) is 0 Å². The second-order valence-corrected chi connectivity index (χ2v) is 10.5. The number of rotatable bonds is 10. The molecule has 0 spiro atoms. The van der Waals surface area contributed by atoms with Crippen LogP contribution >= 0.6 is 0 Å². The molecule has 1 atom stereocenters. The summed E-state index contributed by atoms with van der Waals surface area (Å²) in [7, 11) is 0. The molecule has 0 fully saturated rings. The first kappa shape index (κ1) is 34.8.